The van der Waals surface area contributed by atoms with Gasteiger partial charge in [0.25, 0.3) is 0 Å². The second-order valence-corrected chi connectivity index (χ2v) is 3.94. The minimum absolute atomic E-state index is 0. The van der Waals surface area contributed by atoms with Crippen LogP contribution in [0.15, 0.2) is 0 Å². The van der Waals surface area contributed by atoms with Crippen molar-refractivity contribution in [2.24, 2.45) is 0 Å². The molecular formula is C13H25LiO4. The van der Waals surface area contributed by atoms with Crippen LogP contribution in [0.2, 0.25) is 0 Å². The maximum absolute atomic E-state index is 9.43. The Morgan fingerprint density at radius 3 is 1.56 bits per heavy atom. The number of rotatable bonds is 9. The zero-order valence-corrected chi connectivity index (χ0v) is 11.8. The van der Waals surface area contributed by atoms with Gasteiger partial charge in [-0.15, -0.1) is 0 Å². The third kappa shape index (κ3) is 29.6. The molecule has 0 unspecified atom stereocenters. The van der Waals surface area contributed by atoms with E-state index >= 15 is 0 Å². The zero-order valence-electron chi connectivity index (χ0n) is 11.8. The van der Waals surface area contributed by atoms with Gasteiger partial charge in [-0.25, -0.2) is 0 Å². The minimum Gasteiger partial charge on any atom is -0.481 e. The van der Waals surface area contributed by atoms with E-state index in [-0.39, 0.29) is 18.9 Å². The molecule has 0 saturated heterocycles. The summed E-state index contributed by atoms with van der Waals surface area (Å²) in [5, 5.41) is 15.4. The Kier molecular flexibility index (Phi) is 23.8. The van der Waals surface area contributed by atoms with Gasteiger partial charge in [-0.2, -0.15) is 6.42 Å². The summed E-state index contributed by atoms with van der Waals surface area (Å²) in [4.78, 5) is 18.9. The predicted octanol–water partition coefficient (Wildman–Crippen LogP) is 0.511. The Labute approximate surface area is 122 Å². The summed E-state index contributed by atoms with van der Waals surface area (Å²) in [6, 6.07) is 0. The summed E-state index contributed by atoms with van der Waals surface area (Å²) in [5.74, 6) is -2.62. The molecule has 0 aromatic rings. The Bertz CT molecular complexity index is 175. The van der Waals surface area contributed by atoms with Gasteiger partial charge >= 0.3 is 30.8 Å². The largest absolute Gasteiger partial charge is 1.00 e. The molecule has 0 aromatic heterocycles. The molecule has 4 nitrogen and oxygen atoms in total. The van der Waals surface area contributed by atoms with E-state index in [9.17, 15) is 9.59 Å². The second-order valence-electron chi connectivity index (χ2n) is 3.94. The standard InChI is InChI=1S/C10H21.C3H4O4.Li/c1-3-5-7-9-10-8-6-4-2;4-2(5)1-3(6)7;/h1,3-10H2,2H3;1H2,(H,4,5)(H,6,7);/q-1;;+1. The molecule has 0 bridgehead atoms. The number of hydrogen-bond donors (Lipinski definition) is 2. The first-order valence-corrected chi connectivity index (χ1v) is 6.27. The van der Waals surface area contributed by atoms with Gasteiger partial charge in [0.1, 0.15) is 6.42 Å². The summed E-state index contributed by atoms with van der Waals surface area (Å²) in [5.41, 5.74) is 0. The molecule has 2 N–H and O–H groups in total. The van der Waals surface area contributed by atoms with E-state index in [0.29, 0.717) is 0 Å². The van der Waals surface area contributed by atoms with Crippen LogP contribution in [0.25, 0.3) is 0 Å². The van der Waals surface area contributed by atoms with E-state index in [1.54, 1.807) is 0 Å². The van der Waals surface area contributed by atoms with Crippen LogP contribution in [0.4, 0.5) is 0 Å². The molecular weight excluding hydrogens is 227 g/mol. The molecule has 102 valence electrons. The average Bonchev–Trinajstić information content (AvgIpc) is 2.22. The molecule has 0 heterocycles. The summed E-state index contributed by atoms with van der Waals surface area (Å²) in [7, 11) is 0. The number of hydrogen-bond acceptors (Lipinski definition) is 2. The number of carboxylic acids is 2. The van der Waals surface area contributed by atoms with E-state index in [1.165, 1.54) is 44.9 Å². The van der Waals surface area contributed by atoms with Gasteiger partial charge in [-0.1, -0.05) is 51.9 Å². The van der Waals surface area contributed by atoms with Crippen LogP contribution in [-0.4, -0.2) is 22.2 Å². The van der Waals surface area contributed by atoms with Crippen LogP contribution in [0.3, 0.4) is 0 Å². The summed E-state index contributed by atoms with van der Waals surface area (Å²) >= 11 is 0. The molecule has 0 radical (unpaired) electrons. The Morgan fingerprint density at radius 1 is 0.889 bits per heavy atom. The van der Waals surface area contributed by atoms with E-state index in [0.717, 1.165) is 6.42 Å². The van der Waals surface area contributed by atoms with Crippen molar-refractivity contribution in [1.29, 1.82) is 0 Å². The number of carboxylic acid groups (broad SMARTS) is 2. The van der Waals surface area contributed by atoms with Gasteiger partial charge in [0.2, 0.25) is 0 Å². The third-order valence-corrected chi connectivity index (χ3v) is 2.16. The fourth-order valence-corrected chi connectivity index (χ4v) is 1.26. The molecule has 0 fully saturated rings. The monoisotopic (exact) mass is 252 g/mol. The van der Waals surface area contributed by atoms with Gasteiger partial charge in [-0.3, -0.25) is 9.59 Å². The van der Waals surface area contributed by atoms with Crippen LogP contribution in [0.1, 0.15) is 64.7 Å². The van der Waals surface area contributed by atoms with Crippen molar-refractivity contribution in [2.75, 3.05) is 0 Å². The normalized spacial score (nSPS) is 8.78. The Balaban J connectivity index is -0.000000251. The van der Waals surface area contributed by atoms with E-state index in [1.807, 2.05) is 0 Å². The smallest absolute Gasteiger partial charge is 0.481 e. The van der Waals surface area contributed by atoms with Crippen molar-refractivity contribution in [3.05, 3.63) is 6.92 Å². The molecule has 0 atom stereocenters. The van der Waals surface area contributed by atoms with Crippen LogP contribution < -0.4 is 18.9 Å². The third-order valence-electron chi connectivity index (χ3n) is 2.16. The topological polar surface area (TPSA) is 74.6 Å². The van der Waals surface area contributed by atoms with Crippen molar-refractivity contribution in [3.63, 3.8) is 0 Å². The minimum atomic E-state index is -1.31. The zero-order chi connectivity index (χ0) is 13.5. The van der Waals surface area contributed by atoms with Crippen molar-refractivity contribution < 1.29 is 38.7 Å². The molecule has 0 aliphatic carbocycles. The van der Waals surface area contributed by atoms with E-state index < -0.39 is 18.4 Å². The van der Waals surface area contributed by atoms with Gasteiger partial charge < -0.3 is 17.1 Å². The van der Waals surface area contributed by atoms with Crippen LogP contribution in [0, 0.1) is 6.92 Å². The number of aliphatic carboxylic acids is 2. The average molecular weight is 252 g/mol. The maximum atomic E-state index is 9.43. The van der Waals surface area contributed by atoms with Crippen molar-refractivity contribution >= 4 is 11.9 Å². The van der Waals surface area contributed by atoms with Crippen molar-refractivity contribution in [3.8, 4) is 0 Å². The summed E-state index contributed by atoms with van der Waals surface area (Å²) < 4.78 is 0. The van der Waals surface area contributed by atoms with Gasteiger partial charge in [0.15, 0.2) is 0 Å². The molecule has 0 aliphatic rings. The number of unbranched alkanes of at least 4 members (excludes halogenated alkanes) is 7. The first-order chi connectivity index (χ1) is 8.04. The molecule has 0 rings (SSSR count). The van der Waals surface area contributed by atoms with Gasteiger partial charge in [0.05, 0.1) is 0 Å². The maximum Gasteiger partial charge on any atom is 1.00 e. The molecule has 18 heavy (non-hydrogen) atoms. The second kappa shape index (κ2) is 18.9. The van der Waals surface area contributed by atoms with Crippen molar-refractivity contribution in [2.45, 2.75) is 64.7 Å². The summed E-state index contributed by atoms with van der Waals surface area (Å²) in [6.07, 6.45) is 10.1. The van der Waals surface area contributed by atoms with Crippen LogP contribution >= 0.6 is 0 Å². The molecule has 5 heteroatoms. The number of carbonyl (C=O) groups is 2. The Morgan fingerprint density at radius 2 is 1.28 bits per heavy atom. The van der Waals surface area contributed by atoms with E-state index in [2.05, 4.69) is 13.8 Å². The fraction of sp³-hybridized carbons (Fsp3) is 0.769. The molecule has 0 saturated carbocycles. The van der Waals surface area contributed by atoms with Crippen molar-refractivity contribution in [1.82, 2.24) is 0 Å². The van der Waals surface area contributed by atoms with Gasteiger partial charge in [-0.05, 0) is 0 Å². The SMILES string of the molecule is O=C(O)CC(=O)O.[CH2-]CCCCCCCCC.[Li+]. The molecule has 0 aliphatic heterocycles. The predicted molar refractivity (Wildman–Crippen MR) is 67.9 cm³/mol. The quantitative estimate of drug-likeness (QED) is 0.271. The molecule has 0 amide bonds. The fourth-order valence-electron chi connectivity index (χ4n) is 1.26. The molecule has 0 spiro atoms. The van der Waals surface area contributed by atoms with E-state index in [4.69, 9.17) is 10.2 Å². The summed E-state index contributed by atoms with van der Waals surface area (Å²) in [6.45, 7) is 6.08. The van der Waals surface area contributed by atoms with Crippen LogP contribution in [0.5, 0.6) is 0 Å². The first kappa shape index (κ1) is 22.7. The van der Waals surface area contributed by atoms with Crippen LogP contribution in [-0.2, 0) is 9.59 Å². The Hall–Kier alpha value is -0.463. The first-order valence-electron chi connectivity index (χ1n) is 6.27. The van der Waals surface area contributed by atoms with Gasteiger partial charge in [0, 0.05) is 0 Å². The molecule has 0 aromatic carbocycles.